The van der Waals surface area contributed by atoms with Gasteiger partial charge in [0.05, 0.1) is 22.8 Å². The topological polar surface area (TPSA) is 78.2 Å². The monoisotopic (exact) mass is 442 g/mol. The van der Waals surface area contributed by atoms with Gasteiger partial charge < -0.3 is 14.6 Å². The predicted octanol–water partition coefficient (Wildman–Crippen LogP) is 4.47. The zero-order chi connectivity index (χ0) is 23.2. The lowest BCUT2D eigenvalue weighted by Gasteiger charge is -2.17. The Bertz CT molecular complexity index is 1360. The number of rotatable bonds is 6. The average molecular weight is 443 g/mol. The molecule has 0 radical (unpaired) electrons. The van der Waals surface area contributed by atoms with E-state index in [1.807, 2.05) is 86.0 Å². The van der Waals surface area contributed by atoms with Crippen LogP contribution in [0.3, 0.4) is 0 Å². The van der Waals surface area contributed by atoms with E-state index in [1.165, 1.54) is 0 Å². The second kappa shape index (κ2) is 7.92. The van der Waals surface area contributed by atoms with Crippen LogP contribution in [-0.2, 0) is 20.9 Å². The maximum absolute atomic E-state index is 13.1. The third-order valence-corrected chi connectivity index (χ3v) is 6.26. The van der Waals surface area contributed by atoms with Gasteiger partial charge in [-0.2, -0.15) is 5.10 Å². The number of nitrogens with zero attached hydrogens (tertiary/aromatic N) is 3. The molecule has 1 aliphatic rings. The molecule has 0 aliphatic heterocycles. The lowest BCUT2D eigenvalue weighted by molar-refractivity contribution is -0.157. The van der Waals surface area contributed by atoms with Crippen LogP contribution in [0.15, 0.2) is 60.7 Å². The largest absolute Gasteiger partial charge is 0.448 e. The maximum atomic E-state index is 13.1. The highest BCUT2D eigenvalue weighted by Crippen LogP contribution is 2.41. The number of para-hydroxylation sites is 2. The number of fused-ring (bicyclic) bond motifs is 1. The van der Waals surface area contributed by atoms with Crippen molar-refractivity contribution < 1.29 is 14.3 Å². The number of esters is 1. The van der Waals surface area contributed by atoms with Crippen molar-refractivity contribution in [3.63, 3.8) is 0 Å². The van der Waals surface area contributed by atoms with Crippen molar-refractivity contribution in [3.8, 4) is 5.69 Å². The van der Waals surface area contributed by atoms with Crippen LogP contribution in [0.4, 0.5) is 5.69 Å². The SMILES string of the molecule is Cc1nn(-c2ccccc2)c(C)c1NC(=O)C1(OC(=O)Cn2c(C)cc3ccccc32)CC1. The molecule has 0 spiro atoms. The van der Waals surface area contributed by atoms with Gasteiger partial charge in [0.15, 0.2) is 5.60 Å². The summed E-state index contributed by atoms with van der Waals surface area (Å²) in [5.74, 6) is -0.718. The molecule has 0 unspecified atom stereocenters. The summed E-state index contributed by atoms with van der Waals surface area (Å²) in [6, 6.07) is 19.7. The van der Waals surface area contributed by atoms with Gasteiger partial charge in [0.2, 0.25) is 0 Å². The van der Waals surface area contributed by atoms with Gasteiger partial charge in [-0.25, -0.2) is 4.68 Å². The third-order valence-electron chi connectivity index (χ3n) is 6.26. The lowest BCUT2D eigenvalue weighted by atomic mass is 10.2. The molecule has 5 rings (SSSR count). The molecule has 7 heteroatoms. The fourth-order valence-electron chi connectivity index (χ4n) is 4.30. The fraction of sp³-hybridized carbons (Fsp3) is 0.269. The van der Waals surface area contributed by atoms with Gasteiger partial charge >= 0.3 is 5.97 Å². The summed E-state index contributed by atoms with van der Waals surface area (Å²) in [6.07, 6.45) is 1.03. The van der Waals surface area contributed by atoms with Crippen LogP contribution in [0.1, 0.15) is 29.9 Å². The number of nitrogens with one attached hydrogen (secondary N) is 1. The van der Waals surface area contributed by atoms with Crippen molar-refractivity contribution in [2.24, 2.45) is 0 Å². The number of carbonyl (C=O) groups excluding carboxylic acids is 2. The summed E-state index contributed by atoms with van der Waals surface area (Å²) in [5, 5.41) is 8.62. The highest BCUT2D eigenvalue weighted by atomic mass is 16.6. The van der Waals surface area contributed by atoms with Gasteiger partial charge in [0.1, 0.15) is 6.54 Å². The standard InChI is InChI=1S/C26H26N4O3/c1-17-15-20-9-7-8-12-22(20)29(17)16-23(31)33-26(13-14-26)25(32)27-24-18(2)28-30(19(24)3)21-10-5-4-6-11-21/h4-12,15H,13-14,16H2,1-3H3,(H,27,32). The first kappa shape index (κ1) is 21.0. The molecule has 0 bridgehead atoms. The van der Waals surface area contributed by atoms with Crippen molar-refractivity contribution in [1.82, 2.24) is 14.3 Å². The first-order valence-corrected chi connectivity index (χ1v) is 11.1. The summed E-state index contributed by atoms with van der Waals surface area (Å²) < 4.78 is 9.45. The van der Waals surface area contributed by atoms with Crippen LogP contribution in [0.25, 0.3) is 16.6 Å². The number of aryl methyl sites for hydroxylation is 2. The van der Waals surface area contributed by atoms with Gasteiger partial charge in [0, 0.05) is 24.1 Å². The number of hydrogen-bond donors (Lipinski definition) is 1. The van der Waals surface area contributed by atoms with E-state index in [-0.39, 0.29) is 12.5 Å². The summed E-state index contributed by atoms with van der Waals surface area (Å²) >= 11 is 0. The smallest absolute Gasteiger partial charge is 0.327 e. The average Bonchev–Trinajstić information content (AvgIpc) is 3.45. The molecule has 1 N–H and O–H groups in total. The molecule has 7 nitrogen and oxygen atoms in total. The number of hydrogen-bond acceptors (Lipinski definition) is 4. The van der Waals surface area contributed by atoms with Gasteiger partial charge in [-0.1, -0.05) is 36.4 Å². The molecule has 33 heavy (non-hydrogen) atoms. The highest BCUT2D eigenvalue weighted by Gasteiger charge is 2.54. The van der Waals surface area contributed by atoms with E-state index in [0.29, 0.717) is 24.2 Å². The molecule has 0 atom stereocenters. The van der Waals surface area contributed by atoms with Crippen LogP contribution >= 0.6 is 0 Å². The Morgan fingerprint density at radius 1 is 1.03 bits per heavy atom. The minimum absolute atomic E-state index is 0.0678. The molecule has 2 aromatic heterocycles. The minimum Gasteiger partial charge on any atom is -0.448 e. The molecule has 4 aromatic rings. The predicted molar refractivity (Wildman–Crippen MR) is 126 cm³/mol. The summed E-state index contributed by atoms with van der Waals surface area (Å²) in [6.45, 7) is 5.79. The Morgan fingerprint density at radius 3 is 2.45 bits per heavy atom. The van der Waals surface area contributed by atoms with Crippen molar-refractivity contribution in [1.29, 1.82) is 0 Å². The van der Waals surface area contributed by atoms with E-state index in [4.69, 9.17) is 4.74 Å². The second-order valence-corrected chi connectivity index (χ2v) is 8.65. The lowest BCUT2D eigenvalue weighted by Crippen LogP contribution is -2.36. The molecule has 168 valence electrons. The van der Waals surface area contributed by atoms with Crippen LogP contribution in [0.2, 0.25) is 0 Å². The number of carbonyl (C=O) groups is 2. The molecule has 1 fully saturated rings. The third kappa shape index (κ3) is 3.80. The van der Waals surface area contributed by atoms with E-state index in [0.717, 1.165) is 28.0 Å². The molecule has 2 aromatic carbocycles. The van der Waals surface area contributed by atoms with E-state index >= 15 is 0 Å². The molecule has 1 aliphatic carbocycles. The Hall–Kier alpha value is -3.87. The molecular formula is C26H26N4O3. The van der Waals surface area contributed by atoms with E-state index in [9.17, 15) is 9.59 Å². The van der Waals surface area contributed by atoms with Gasteiger partial charge in [0.25, 0.3) is 5.91 Å². The van der Waals surface area contributed by atoms with Crippen LogP contribution in [0, 0.1) is 20.8 Å². The van der Waals surface area contributed by atoms with Crippen molar-refractivity contribution in [2.45, 2.75) is 45.8 Å². The first-order chi connectivity index (χ1) is 15.9. The van der Waals surface area contributed by atoms with E-state index in [2.05, 4.69) is 10.4 Å². The van der Waals surface area contributed by atoms with Gasteiger partial charge in [-0.15, -0.1) is 0 Å². The Morgan fingerprint density at radius 2 is 1.73 bits per heavy atom. The highest BCUT2D eigenvalue weighted by molar-refractivity contribution is 6.01. The zero-order valence-corrected chi connectivity index (χ0v) is 19.0. The molecule has 1 amide bonds. The molecule has 0 saturated heterocycles. The number of benzene rings is 2. The second-order valence-electron chi connectivity index (χ2n) is 8.65. The fourth-order valence-corrected chi connectivity index (χ4v) is 4.30. The number of aromatic nitrogens is 3. The van der Waals surface area contributed by atoms with E-state index in [1.54, 1.807) is 4.68 Å². The van der Waals surface area contributed by atoms with Crippen LogP contribution in [0.5, 0.6) is 0 Å². The van der Waals surface area contributed by atoms with Gasteiger partial charge in [-0.05, 0) is 50.4 Å². The van der Waals surface area contributed by atoms with Crippen molar-refractivity contribution in [2.75, 3.05) is 5.32 Å². The normalized spacial score (nSPS) is 14.3. The van der Waals surface area contributed by atoms with Crippen LogP contribution < -0.4 is 5.32 Å². The Labute approximate surface area is 192 Å². The summed E-state index contributed by atoms with van der Waals surface area (Å²) in [7, 11) is 0. The zero-order valence-electron chi connectivity index (χ0n) is 19.0. The first-order valence-electron chi connectivity index (χ1n) is 11.1. The van der Waals surface area contributed by atoms with Crippen LogP contribution in [-0.4, -0.2) is 31.8 Å². The number of anilines is 1. The summed E-state index contributed by atoms with van der Waals surface area (Å²) in [4.78, 5) is 25.9. The maximum Gasteiger partial charge on any atom is 0.327 e. The number of amides is 1. The molecule has 1 saturated carbocycles. The Balaban J connectivity index is 1.31. The van der Waals surface area contributed by atoms with Crippen molar-refractivity contribution >= 4 is 28.5 Å². The van der Waals surface area contributed by atoms with Gasteiger partial charge in [-0.3, -0.25) is 9.59 Å². The quantitative estimate of drug-likeness (QED) is 0.447. The van der Waals surface area contributed by atoms with E-state index < -0.39 is 11.6 Å². The number of ether oxygens (including phenoxy) is 1. The summed E-state index contributed by atoms with van der Waals surface area (Å²) in [5.41, 5.74) is 3.94. The molecular weight excluding hydrogens is 416 g/mol. The van der Waals surface area contributed by atoms with Crippen molar-refractivity contribution in [3.05, 3.63) is 77.7 Å². The minimum atomic E-state index is -1.11. The molecule has 2 heterocycles. The Kier molecular flexibility index (Phi) is 5.04.